The summed E-state index contributed by atoms with van der Waals surface area (Å²) in [5.41, 5.74) is 0. The second-order valence-corrected chi connectivity index (χ2v) is 14.9. The molecule has 0 saturated heterocycles. The van der Waals surface area contributed by atoms with E-state index in [2.05, 4.69) is 59.3 Å². The third kappa shape index (κ3) is 39.5. The second-order valence-electron chi connectivity index (χ2n) is 14.9. The zero-order chi connectivity index (χ0) is 32.9. The summed E-state index contributed by atoms with van der Waals surface area (Å²) in [6.07, 6.45) is 47.7. The van der Waals surface area contributed by atoms with Gasteiger partial charge in [-0.05, 0) is 64.2 Å². The Balaban J connectivity index is 3.63. The van der Waals surface area contributed by atoms with Gasteiger partial charge in [0, 0.05) is 13.2 Å². The molecule has 1 atom stereocenters. The van der Waals surface area contributed by atoms with Crippen LogP contribution in [0, 0.1) is 0 Å². The first-order valence-corrected chi connectivity index (χ1v) is 20.3. The molecule has 0 aliphatic carbocycles. The standard InChI is InChI=1S/C42H84NO2/c1-6-8-10-12-14-16-18-20-22-24-26-28-30-32-34-36-38-44-41-42(40-43(3,4)5)45-39-37-35-33-31-29-27-25-23-21-19-17-15-13-11-9-7-2/h21,23-24,26,42H,6-20,22,25,27-41H2,1-5H3/q+1/b23-21+,26-24+. The lowest BCUT2D eigenvalue weighted by molar-refractivity contribution is -0.873. The minimum atomic E-state index is 0.208. The molecule has 0 N–H and O–H groups in total. The van der Waals surface area contributed by atoms with Crippen molar-refractivity contribution in [2.24, 2.45) is 0 Å². The van der Waals surface area contributed by atoms with E-state index in [1.807, 2.05) is 0 Å². The largest absolute Gasteiger partial charge is 0.379 e. The number of allylic oxidation sites excluding steroid dienone is 4. The molecular formula is C42H84NO2+. The third-order valence-electron chi connectivity index (χ3n) is 8.87. The van der Waals surface area contributed by atoms with Crippen LogP contribution in [0.15, 0.2) is 24.3 Å². The average molecular weight is 635 g/mol. The zero-order valence-corrected chi connectivity index (χ0v) is 31.8. The molecule has 0 spiro atoms. The molecule has 0 amide bonds. The molecule has 0 radical (unpaired) electrons. The summed E-state index contributed by atoms with van der Waals surface area (Å²) in [7, 11) is 6.76. The lowest BCUT2D eigenvalue weighted by atomic mass is 10.1. The summed E-state index contributed by atoms with van der Waals surface area (Å²) in [6.45, 7) is 8.09. The van der Waals surface area contributed by atoms with Crippen LogP contribution < -0.4 is 0 Å². The summed E-state index contributed by atoms with van der Waals surface area (Å²) in [4.78, 5) is 0. The molecule has 0 fully saturated rings. The predicted molar refractivity (Wildman–Crippen MR) is 202 cm³/mol. The number of ether oxygens (including phenoxy) is 2. The number of hydrogen-bond donors (Lipinski definition) is 0. The second kappa shape index (κ2) is 36.2. The molecule has 0 aliphatic heterocycles. The van der Waals surface area contributed by atoms with E-state index in [0.29, 0.717) is 0 Å². The van der Waals surface area contributed by atoms with Crippen LogP contribution in [0.2, 0.25) is 0 Å². The number of rotatable bonds is 37. The Hall–Kier alpha value is -0.640. The average Bonchev–Trinajstić information content (AvgIpc) is 3.01. The van der Waals surface area contributed by atoms with Crippen molar-refractivity contribution in [2.45, 2.75) is 200 Å². The van der Waals surface area contributed by atoms with Gasteiger partial charge in [0.1, 0.15) is 12.6 Å². The number of quaternary nitrogens is 1. The molecule has 0 aromatic heterocycles. The van der Waals surface area contributed by atoms with Gasteiger partial charge in [-0.2, -0.15) is 0 Å². The van der Waals surface area contributed by atoms with Crippen molar-refractivity contribution < 1.29 is 14.0 Å². The van der Waals surface area contributed by atoms with Crippen LogP contribution in [-0.2, 0) is 9.47 Å². The molecule has 1 unspecified atom stereocenters. The van der Waals surface area contributed by atoms with Gasteiger partial charge in [0.15, 0.2) is 0 Å². The van der Waals surface area contributed by atoms with Gasteiger partial charge in [-0.25, -0.2) is 0 Å². The van der Waals surface area contributed by atoms with Crippen molar-refractivity contribution in [3.63, 3.8) is 0 Å². The van der Waals surface area contributed by atoms with E-state index < -0.39 is 0 Å². The van der Waals surface area contributed by atoms with Crippen LogP contribution in [-0.4, -0.2) is 58.1 Å². The van der Waals surface area contributed by atoms with Crippen LogP contribution in [0.3, 0.4) is 0 Å². The van der Waals surface area contributed by atoms with Crippen LogP contribution in [0.5, 0.6) is 0 Å². The Labute approximate surface area is 285 Å². The molecule has 268 valence electrons. The molecular weight excluding hydrogens is 550 g/mol. The van der Waals surface area contributed by atoms with Crippen LogP contribution in [0.25, 0.3) is 0 Å². The van der Waals surface area contributed by atoms with Gasteiger partial charge in [-0.15, -0.1) is 0 Å². The van der Waals surface area contributed by atoms with Crippen molar-refractivity contribution in [1.82, 2.24) is 0 Å². The Kier molecular flexibility index (Phi) is 35.7. The highest BCUT2D eigenvalue weighted by molar-refractivity contribution is 4.82. The SMILES string of the molecule is CCCCCCCC/C=C/CCCCCCCCOC(COCCCCCC/C=C/CCCCCCCCCC)C[N+](C)(C)C. The van der Waals surface area contributed by atoms with E-state index in [-0.39, 0.29) is 6.10 Å². The van der Waals surface area contributed by atoms with Gasteiger partial charge in [-0.3, -0.25) is 0 Å². The predicted octanol–water partition coefficient (Wildman–Crippen LogP) is 13.2. The fourth-order valence-corrected chi connectivity index (χ4v) is 6.03. The normalized spacial score (nSPS) is 13.1. The maximum absolute atomic E-state index is 6.31. The van der Waals surface area contributed by atoms with Crippen molar-refractivity contribution in [2.75, 3.05) is 47.5 Å². The topological polar surface area (TPSA) is 18.5 Å². The van der Waals surface area contributed by atoms with Gasteiger partial charge in [0.25, 0.3) is 0 Å². The molecule has 0 bridgehead atoms. The van der Waals surface area contributed by atoms with E-state index in [1.54, 1.807) is 0 Å². The van der Waals surface area contributed by atoms with Gasteiger partial charge >= 0.3 is 0 Å². The van der Waals surface area contributed by atoms with Crippen LogP contribution in [0.4, 0.5) is 0 Å². The summed E-state index contributed by atoms with van der Waals surface area (Å²) in [5.74, 6) is 0. The fourth-order valence-electron chi connectivity index (χ4n) is 6.03. The number of nitrogens with zero attached hydrogens (tertiary/aromatic N) is 1. The molecule has 0 heterocycles. The third-order valence-corrected chi connectivity index (χ3v) is 8.87. The molecule has 3 heteroatoms. The Morgan fingerprint density at radius 3 is 1.13 bits per heavy atom. The first-order valence-electron chi connectivity index (χ1n) is 20.3. The van der Waals surface area contributed by atoms with E-state index >= 15 is 0 Å². The Morgan fingerprint density at radius 1 is 0.422 bits per heavy atom. The maximum atomic E-state index is 6.31. The minimum absolute atomic E-state index is 0.208. The lowest BCUT2D eigenvalue weighted by Crippen LogP contribution is -2.44. The van der Waals surface area contributed by atoms with E-state index in [9.17, 15) is 0 Å². The molecule has 0 aliphatic rings. The molecule has 0 saturated carbocycles. The highest BCUT2D eigenvalue weighted by Gasteiger charge is 2.19. The van der Waals surface area contributed by atoms with Crippen LogP contribution in [0.1, 0.15) is 194 Å². The molecule has 0 aromatic rings. The lowest BCUT2D eigenvalue weighted by Gasteiger charge is -2.29. The van der Waals surface area contributed by atoms with E-state index in [4.69, 9.17) is 9.47 Å². The minimum Gasteiger partial charge on any atom is -0.379 e. The highest BCUT2D eigenvalue weighted by Crippen LogP contribution is 2.12. The van der Waals surface area contributed by atoms with Crippen molar-refractivity contribution >= 4 is 0 Å². The quantitative estimate of drug-likeness (QED) is 0.0384. The number of hydrogen-bond acceptors (Lipinski definition) is 2. The summed E-state index contributed by atoms with van der Waals surface area (Å²) < 4.78 is 13.3. The smallest absolute Gasteiger partial charge is 0.130 e. The van der Waals surface area contributed by atoms with Crippen molar-refractivity contribution in [3.05, 3.63) is 24.3 Å². The van der Waals surface area contributed by atoms with Gasteiger partial charge < -0.3 is 14.0 Å². The van der Waals surface area contributed by atoms with Gasteiger partial charge in [-0.1, -0.05) is 154 Å². The number of unbranched alkanes of at least 4 members (excludes halogenated alkanes) is 24. The molecule has 45 heavy (non-hydrogen) atoms. The van der Waals surface area contributed by atoms with E-state index in [1.165, 1.54) is 180 Å². The molecule has 0 rings (SSSR count). The Bertz CT molecular complexity index is 608. The summed E-state index contributed by atoms with van der Waals surface area (Å²) >= 11 is 0. The first kappa shape index (κ1) is 44.4. The van der Waals surface area contributed by atoms with Crippen molar-refractivity contribution in [1.29, 1.82) is 0 Å². The molecule has 3 nitrogen and oxygen atoms in total. The first-order chi connectivity index (χ1) is 22.0. The highest BCUT2D eigenvalue weighted by atomic mass is 16.5. The van der Waals surface area contributed by atoms with Gasteiger partial charge in [0.05, 0.1) is 27.7 Å². The van der Waals surface area contributed by atoms with Crippen LogP contribution >= 0.6 is 0 Å². The molecule has 0 aromatic carbocycles. The van der Waals surface area contributed by atoms with Gasteiger partial charge in [0.2, 0.25) is 0 Å². The monoisotopic (exact) mass is 635 g/mol. The zero-order valence-electron chi connectivity index (χ0n) is 31.8. The fraction of sp³-hybridized carbons (Fsp3) is 0.905. The Morgan fingerprint density at radius 2 is 0.756 bits per heavy atom. The van der Waals surface area contributed by atoms with E-state index in [0.717, 1.165) is 30.8 Å². The summed E-state index contributed by atoms with van der Waals surface area (Å²) in [5, 5.41) is 0. The number of likely N-dealkylation sites (N-methyl/N-ethyl adjacent to an activating group) is 1. The van der Waals surface area contributed by atoms with Crippen molar-refractivity contribution in [3.8, 4) is 0 Å². The summed E-state index contributed by atoms with van der Waals surface area (Å²) in [6, 6.07) is 0. The maximum Gasteiger partial charge on any atom is 0.130 e.